The topological polar surface area (TPSA) is 37.8 Å². The van der Waals surface area contributed by atoms with Crippen LogP contribution in [0.25, 0.3) is 0 Å². The van der Waals surface area contributed by atoms with E-state index >= 15 is 0 Å². The normalized spacial score (nSPS) is 13.0. The Morgan fingerprint density at radius 3 is 2.65 bits per heavy atom. The van der Waals surface area contributed by atoms with E-state index in [9.17, 15) is 13.2 Å². The van der Waals surface area contributed by atoms with E-state index in [2.05, 4.69) is 37.9 Å². The van der Waals surface area contributed by atoms with E-state index in [0.29, 0.717) is 5.82 Å². The second-order valence-electron chi connectivity index (χ2n) is 5.17. The summed E-state index contributed by atoms with van der Waals surface area (Å²) in [6.07, 6.45) is -2.80. The van der Waals surface area contributed by atoms with E-state index in [4.69, 9.17) is 11.6 Å². The Morgan fingerprint density at radius 2 is 2.00 bits per heavy atom. The molecule has 0 bridgehead atoms. The van der Waals surface area contributed by atoms with Crippen LogP contribution >= 0.6 is 34.2 Å². The van der Waals surface area contributed by atoms with Gasteiger partial charge in [-0.05, 0) is 60.6 Å². The van der Waals surface area contributed by atoms with E-state index in [-0.39, 0.29) is 23.0 Å². The lowest BCUT2D eigenvalue weighted by Crippen LogP contribution is -2.22. The summed E-state index contributed by atoms with van der Waals surface area (Å²) in [5.41, 5.74) is 0.313. The van der Waals surface area contributed by atoms with Crippen LogP contribution in [0.4, 0.5) is 19.0 Å². The molecule has 1 N–H and O–H groups in total. The number of hydrogen-bond acceptors (Lipinski definition) is 3. The molecule has 1 atom stereocenters. The highest BCUT2D eigenvalue weighted by Crippen LogP contribution is 2.34. The van der Waals surface area contributed by atoms with Crippen molar-refractivity contribution in [1.82, 2.24) is 9.97 Å². The molecule has 0 radical (unpaired) electrons. The van der Waals surface area contributed by atoms with Crippen LogP contribution in [0, 0.1) is 10.5 Å². The molecule has 0 saturated heterocycles. The predicted octanol–water partition coefficient (Wildman–Crippen LogP) is 5.10. The molecule has 0 fully saturated rings. The summed E-state index contributed by atoms with van der Waals surface area (Å²) in [7, 11) is 0. The summed E-state index contributed by atoms with van der Waals surface area (Å²) < 4.78 is 40.2. The summed E-state index contributed by atoms with van der Waals surface area (Å²) >= 11 is 7.80. The average Bonchev–Trinajstić information content (AvgIpc) is 2.45. The highest BCUT2D eigenvalue weighted by molar-refractivity contribution is 14.1. The quantitative estimate of drug-likeness (QED) is 0.652. The molecular formula is C15H14ClF3IN3. The number of rotatable bonds is 4. The molecular weight excluding hydrogens is 442 g/mol. The second kappa shape index (κ2) is 7.21. The van der Waals surface area contributed by atoms with Crippen LogP contribution < -0.4 is 5.32 Å². The van der Waals surface area contributed by atoms with Crippen molar-refractivity contribution < 1.29 is 13.2 Å². The Morgan fingerprint density at radius 1 is 1.30 bits per heavy atom. The molecule has 2 rings (SSSR count). The van der Waals surface area contributed by atoms with Gasteiger partial charge in [0.05, 0.1) is 14.8 Å². The smallest absolute Gasteiger partial charge is 0.366 e. The largest absolute Gasteiger partial charge is 0.416 e. The fraction of sp³-hybridized carbons (Fsp3) is 0.333. The molecule has 0 amide bonds. The van der Waals surface area contributed by atoms with Crippen molar-refractivity contribution in [1.29, 1.82) is 0 Å². The molecule has 2 aromatic rings. The fourth-order valence-electron chi connectivity index (χ4n) is 2.16. The van der Waals surface area contributed by atoms with Gasteiger partial charge < -0.3 is 5.32 Å². The third kappa shape index (κ3) is 4.69. The Bertz CT molecular complexity index is 707. The summed E-state index contributed by atoms with van der Waals surface area (Å²) in [6.45, 7) is 3.66. The number of nitrogens with one attached hydrogen (secondary N) is 1. The van der Waals surface area contributed by atoms with Crippen molar-refractivity contribution in [3.8, 4) is 0 Å². The van der Waals surface area contributed by atoms with Crippen LogP contribution in [0.3, 0.4) is 0 Å². The van der Waals surface area contributed by atoms with E-state index in [1.807, 2.05) is 13.8 Å². The Balaban J connectivity index is 2.21. The van der Waals surface area contributed by atoms with Crippen molar-refractivity contribution >= 4 is 40.0 Å². The molecule has 124 valence electrons. The standard InChI is InChI=1S/C15H14ClF3IN3/c1-8(23-14-13(20)9(2)21-7-22-14)5-10-3-4-11(16)6-12(10)15(17,18)19/h3-4,6-8H,5H2,1-2H3,(H,21,22,23). The van der Waals surface area contributed by atoms with Gasteiger partial charge in [0.1, 0.15) is 12.1 Å². The summed E-state index contributed by atoms with van der Waals surface area (Å²) in [6, 6.07) is 3.61. The lowest BCUT2D eigenvalue weighted by atomic mass is 10.0. The van der Waals surface area contributed by atoms with Crippen molar-refractivity contribution in [2.45, 2.75) is 32.5 Å². The predicted molar refractivity (Wildman–Crippen MR) is 92.7 cm³/mol. The lowest BCUT2D eigenvalue weighted by molar-refractivity contribution is -0.138. The molecule has 0 aliphatic carbocycles. The van der Waals surface area contributed by atoms with Gasteiger partial charge in [-0.1, -0.05) is 17.7 Å². The Hall–Kier alpha value is -1.09. The van der Waals surface area contributed by atoms with Crippen LogP contribution in [0.5, 0.6) is 0 Å². The number of halogens is 5. The van der Waals surface area contributed by atoms with Gasteiger partial charge in [-0.25, -0.2) is 9.97 Å². The van der Waals surface area contributed by atoms with Gasteiger partial charge in [0, 0.05) is 11.1 Å². The van der Waals surface area contributed by atoms with E-state index in [0.717, 1.165) is 15.3 Å². The number of alkyl halides is 3. The maximum Gasteiger partial charge on any atom is 0.416 e. The highest BCUT2D eigenvalue weighted by atomic mass is 127. The maximum absolute atomic E-state index is 13.1. The van der Waals surface area contributed by atoms with Crippen molar-refractivity contribution in [2.24, 2.45) is 0 Å². The molecule has 1 heterocycles. The molecule has 3 nitrogen and oxygen atoms in total. The first-order valence-corrected chi connectivity index (χ1v) is 8.23. The Labute approximate surface area is 150 Å². The second-order valence-corrected chi connectivity index (χ2v) is 6.69. The molecule has 23 heavy (non-hydrogen) atoms. The van der Waals surface area contributed by atoms with Gasteiger partial charge in [0.25, 0.3) is 0 Å². The number of hydrogen-bond donors (Lipinski definition) is 1. The molecule has 1 aromatic heterocycles. The van der Waals surface area contributed by atoms with Crippen LogP contribution in [-0.2, 0) is 12.6 Å². The zero-order chi connectivity index (χ0) is 17.2. The van der Waals surface area contributed by atoms with Crippen LogP contribution in [-0.4, -0.2) is 16.0 Å². The summed E-state index contributed by atoms with van der Waals surface area (Å²) in [5, 5.41) is 3.21. The highest BCUT2D eigenvalue weighted by Gasteiger charge is 2.33. The fourth-order valence-corrected chi connectivity index (χ4v) is 2.77. The monoisotopic (exact) mass is 455 g/mol. The van der Waals surface area contributed by atoms with Gasteiger partial charge in [-0.15, -0.1) is 0 Å². The van der Waals surface area contributed by atoms with Gasteiger partial charge in [0.2, 0.25) is 0 Å². The third-order valence-corrected chi connectivity index (χ3v) is 4.78. The first-order valence-electron chi connectivity index (χ1n) is 6.77. The SMILES string of the molecule is Cc1ncnc(NC(C)Cc2ccc(Cl)cc2C(F)(F)F)c1I. The molecule has 8 heteroatoms. The van der Waals surface area contributed by atoms with E-state index in [1.54, 1.807) is 0 Å². The first kappa shape index (κ1) is 18.3. The number of anilines is 1. The van der Waals surface area contributed by atoms with Gasteiger partial charge in [-0.2, -0.15) is 13.2 Å². The minimum absolute atomic E-state index is 0.0719. The molecule has 1 aromatic carbocycles. The lowest BCUT2D eigenvalue weighted by Gasteiger charge is -2.19. The summed E-state index contributed by atoms with van der Waals surface area (Å²) in [4.78, 5) is 8.20. The zero-order valence-electron chi connectivity index (χ0n) is 12.4. The minimum atomic E-state index is -4.43. The maximum atomic E-state index is 13.1. The molecule has 0 aliphatic heterocycles. The number of aryl methyl sites for hydroxylation is 1. The number of nitrogens with zero attached hydrogens (tertiary/aromatic N) is 2. The van der Waals surface area contributed by atoms with Crippen molar-refractivity contribution in [2.75, 3.05) is 5.32 Å². The molecule has 1 unspecified atom stereocenters. The first-order chi connectivity index (χ1) is 10.7. The molecule has 0 aliphatic rings. The van der Waals surface area contributed by atoms with Gasteiger partial charge >= 0.3 is 6.18 Å². The Kier molecular flexibility index (Phi) is 5.72. The van der Waals surface area contributed by atoms with Crippen LogP contribution in [0.2, 0.25) is 5.02 Å². The van der Waals surface area contributed by atoms with E-state index in [1.165, 1.54) is 18.5 Å². The van der Waals surface area contributed by atoms with Crippen molar-refractivity contribution in [3.05, 3.63) is 49.9 Å². The van der Waals surface area contributed by atoms with Crippen molar-refractivity contribution in [3.63, 3.8) is 0 Å². The zero-order valence-corrected chi connectivity index (χ0v) is 15.3. The van der Waals surface area contributed by atoms with Crippen LogP contribution in [0.15, 0.2) is 24.5 Å². The minimum Gasteiger partial charge on any atom is -0.366 e. The average molecular weight is 456 g/mol. The number of benzene rings is 1. The number of aromatic nitrogens is 2. The summed E-state index contributed by atoms with van der Waals surface area (Å²) in [5.74, 6) is 0.619. The van der Waals surface area contributed by atoms with Gasteiger partial charge in [0.15, 0.2) is 0 Å². The van der Waals surface area contributed by atoms with Gasteiger partial charge in [-0.3, -0.25) is 0 Å². The molecule has 0 saturated carbocycles. The van der Waals surface area contributed by atoms with Crippen LogP contribution in [0.1, 0.15) is 23.7 Å². The third-order valence-electron chi connectivity index (χ3n) is 3.25. The molecule has 0 spiro atoms. The van der Waals surface area contributed by atoms with E-state index < -0.39 is 11.7 Å².